The maximum absolute atomic E-state index is 13.6. The molecule has 2 heterocycles. The fourth-order valence-corrected chi connectivity index (χ4v) is 3.87. The molecule has 1 amide bonds. The number of morpholine rings is 1. The van der Waals surface area contributed by atoms with Gasteiger partial charge in [-0.05, 0) is 17.7 Å². The van der Waals surface area contributed by atoms with E-state index in [2.05, 4.69) is 34.0 Å². The molecule has 0 radical (unpaired) electrons. The average Bonchev–Trinajstić information content (AvgIpc) is 2.76. The summed E-state index contributed by atoms with van der Waals surface area (Å²) in [5.74, 6) is 0.817. The molecular formula is C22H35FIN5O2. The Morgan fingerprint density at radius 1 is 1.13 bits per heavy atom. The summed E-state index contributed by atoms with van der Waals surface area (Å²) in [5.41, 5.74) is 0.724. The fraction of sp³-hybridized carbons (Fsp3) is 0.636. The number of carbonyl (C=O) groups excluding carboxylic acids is 1. The van der Waals surface area contributed by atoms with Crippen LogP contribution in [0.3, 0.4) is 0 Å². The van der Waals surface area contributed by atoms with Crippen molar-refractivity contribution < 1.29 is 13.9 Å². The van der Waals surface area contributed by atoms with Gasteiger partial charge in [0.1, 0.15) is 5.82 Å². The van der Waals surface area contributed by atoms with Gasteiger partial charge < -0.3 is 19.9 Å². The molecule has 2 aliphatic heterocycles. The number of halogens is 2. The fourth-order valence-electron chi connectivity index (χ4n) is 3.87. The number of nitrogens with one attached hydrogen (secondary N) is 1. The molecule has 2 saturated heterocycles. The van der Waals surface area contributed by atoms with Crippen molar-refractivity contribution in [2.24, 2.45) is 4.99 Å². The van der Waals surface area contributed by atoms with Gasteiger partial charge in [-0.25, -0.2) is 4.39 Å². The van der Waals surface area contributed by atoms with Gasteiger partial charge in [-0.2, -0.15) is 0 Å². The van der Waals surface area contributed by atoms with Gasteiger partial charge in [-0.3, -0.25) is 14.7 Å². The van der Waals surface area contributed by atoms with Crippen LogP contribution < -0.4 is 5.32 Å². The number of rotatable bonds is 5. The van der Waals surface area contributed by atoms with E-state index < -0.39 is 0 Å². The zero-order chi connectivity index (χ0) is 21.6. The third-order valence-corrected chi connectivity index (χ3v) is 5.90. The van der Waals surface area contributed by atoms with Crippen molar-refractivity contribution in [1.29, 1.82) is 0 Å². The predicted octanol–water partition coefficient (Wildman–Crippen LogP) is 1.77. The Kier molecular flexibility index (Phi) is 9.95. The lowest BCUT2D eigenvalue weighted by Gasteiger charge is -2.38. The van der Waals surface area contributed by atoms with Crippen LogP contribution >= 0.6 is 24.0 Å². The third kappa shape index (κ3) is 7.28. The number of guanidine groups is 1. The summed E-state index contributed by atoms with van der Waals surface area (Å²) in [5, 5.41) is 3.45. The molecule has 7 nitrogen and oxygen atoms in total. The van der Waals surface area contributed by atoms with Gasteiger partial charge in [0.15, 0.2) is 5.96 Å². The molecule has 0 bridgehead atoms. The minimum absolute atomic E-state index is 0. The van der Waals surface area contributed by atoms with E-state index in [0.717, 1.165) is 37.7 Å². The van der Waals surface area contributed by atoms with E-state index in [1.807, 2.05) is 11.0 Å². The molecule has 0 spiro atoms. The second-order valence-corrected chi connectivity index (χ2v) is 8.55. The Bertz CT molecular complexity index is 747. The van der Waals surface area contributed by atoms with Crippen molar-refractivity contribution in [2.75, 3.05) is 72.6 Å². The topological polar surface area (TPSA) is 60.4 Å². The second kappa shape index (κ2) is 12.0. The molecule has 31 heavy (non-hydrogen) atoms. The highest BCUT2D eigenvalue weighted by Gasteiger charge is 2.26. The molecule has 174 valence electrons. The van der Waals surface area contributed by atoms with Crippen molar-refractivity contribution in [3.63, 3.8) is 0 Å². The Morgan fingerprint density at radius 2 is 1.81 bits per heavy atom. The highest BCUT2D eigenvalue weighted by atomic mass is 127. The van der Waals surface area contributed by atoms with Crippen LogP contribution in [0.15, 0.2) is 29.3 Å². The van der Waals surface area contributed by atoms with E-state index in [0.29, 0.717) is 39.4 Å². The molecule has 3 rings (SSSR count). The summed E-state index contributed by atoms with van der Waals surface area (Å²) in [7, 11) is 1.78. The van der Waals surface area contributed by atoms with Gasteiger partial charge in [0.25, 0.3) is 0 Å². The lowest BCUT2D eigenvalue weighted by Crippen LogP contribution is -2.55. The number of hydrogen-bond donors (Lipinski definition) is 1. The lowest BCUT2D eigenvalue weighted by molar-refractivity contribution is -0.136. The standard InChI is InChI=1S/C22H34FN5O2.HI/c1-22(2,18-5-4-6-19(23)15-18)17-25-21(24-3)28-9-7-26(8-10-28)16-20(29)27-11-13-30-14-12-27;/h4-6,15H,7-14,16-17H2,1-3H3,(H,24,25);1H. The van der Waals surface area contributed by atoms with Gasteiger partial charge in [-0.1, -0.05) is 26.0 Å². The Hall–Kier alpha value is -1.46. The molecule has 0 aromatic heterocycles. The molecular weight excluding hydrogens is 512 g/mol. The number of aliphatic imine (C=N–C) groups is 1. The van der Waals surface area contributed by atoms with Crippen molar-refractivity contribution in [3.8, 4) is 0 Å². The Morgan fingerprint density at radius 3 is 2.42 bits per heavy atom. The number of piperazine rings is 1. The summed E-state index contributed by atoms with van der Waals surface area (Å²) in [4.78, 5) is 23.2. The van der Waals surface area contributed by atoms with E-state index in [1.165, 1.54) is 6.07 Å². The number of nitrogens with zero attached hydrogens (tertiary/aromatic N) is 4. The van der Waals surface area contributed by atoms with Gasteiger partial charge in [0.05, 0.1) is 19.8 Å². The zero-order valence-electron chi connectivity index (χ0n) is 18.8. The minimum atomic E-state index is -0.232. The first kappa shape index (κ1) is 25.8. The number of ether oxygens (including phenoxy) is 1. The van der Waals surface area contributed by atoms with E-state index in [1.54, 1.807) is 19.2 Å². The first-order valence-electron chi connectivity index (χ1n) is 10.7. The van der Waals surface area contributed by atoms with Crippen molar-refractivity contribution in [2.45, 2.75) is 19.3 Å². The summed E-state index contributed by atoms with van der Waals surface area (Å²) in [6.07, 6.45) is 0. The summed E-state index contributed by atoms with van der Waals surface area (Å²) < 4.78 is 18.9. The molecule has 0 aliphatic carbocycles. The van der Waals surface area contributed by atoms with Crippen molar-refractivity contribution in [1.82, 2.24) is 20.0 Å². The highest BCUT2D eigenvalue weighted by Crippen LogP contribution is 2.23. The Labute approximate surface area is 202 Å². The van der Waals surface area contributed by atoms with Crippen LogP contribution in [0.5, 0.6) is 0 Å². The van der Waals surface area contributed by atoms with Gasteiger partial charge in [-0.15, -0.1) is 24.0 Å². The van der Waals surface area contributed by atoms with Crippen molar-refractivity contribution in [3.05, 3.63) is 35.6 Å². The van der Waals surface area contributed by atoms with E-state index >= 15 is 0 Å². The maximum atomic E-state index is 13.6. The van der Waals surface area contributed by atoms with Crippen LogP contribution in [0.2, 0.25) is 0 Å². The SMILES string of the molecule is CN=C(NCC(C)(C)c1cccc(F)c1)N1CCN(CC(=O)N2CCOCC2)CC1.I. The summed E-state index contributed by atoms with van der Waals surface area (Å²) in [6, 6.07) is 6.76. The van der Waals surface area contributed by atoms with E-state index in [-0.39, 0.29) is 41.1 Å². The van der Waals surface area contributed by atoms with Crippen LogP contribution in [0.1, 0.15) is 19.4 Å². The van der Waals surface area contributed by atoms with Gasteiger partial charge in [0, 0.05) is 58.3 Å². The normalized spacial score (nSPS) is 18.5. The maximum Gasteiger partial charge on any atom is 0.236 e. The van der Waals surface area contributed by atoms with Gasteiger partial charge >= 0.3 is 0 Å². The van der Waals surface area contributed by atoms with Crippen molar-refractivity contribution >= 4 is 35.8 Å². The third-order valence-electron chi connectivity index (χ3n) is 5.90. The highest BCUT2D eigenvalue weighted by molar-refractivity contribution is 14.0. The monoisotopic (exact) mass is 547 g/mol. The van der Waals surface area contributed by atoms with Crippen LogP contribution in [0.4, 0.5) is 4.39 Å². The first-order valence-corrected chi connectivity index (χ1v) is 10.7. The predicted molar refractivity (Wildman–Crippen MR) is 132 cm³/mol. The molecule has 1 aromatic rings. The zero-order valence-corrected chi connectivity index (χ0v) is 21.1. The van der Waals surface area contributed by atoms with Crippen LogP contribution in [0, 0.1) is 5.82 Å². The van der Waals surface area contributed by atoms with Crippen LogP contribution in [-0.4, -0.2) is 99.2 Å². The molecule has 0 unspecified atom stereocenters. The van der Waals surface area contributed by atoms with Gasteiger partial charge in [0.2, 0.25) is 5.91 Å². The molecule has 2 aliphatic rings. The van der Waals surface area contributed by atoms with E-state index in [9.17, 15) is 9.18 Å². The smallest absolute Gasteiger partial charge is 0.236 e. The summed E-state index contributed by atoms with van der Waals surface area (Å²) in [6.45, 7) is 11.2. The largest absolute Gasteiger partial charge is 0.378 e. The Balaban J connectivity index is 0.00000341. The molecule has 0 saturated carbocycles. The average molecular weight is 547 g/mol. The number of carbonyl (C=O) groups is 1. The molecule has 2 fully saturated rings. The number of amides is 1. The molecule has 0 atom stereocenters. The number of benzene rings is 1. The minimum Gasteiger partial charge on any atom is -0.378 e. The van der Waals surface area contributed by atoms with E-state index in [4.69, 9.17) is 4.74 Å². The second-order valence-electron chi connectivity index (χ2n) is 8.55. The molecule has 1 aromatic carbocycles. The van der Waals surface area contributed by atoms with Crippen LogP contribution in [0.25, 0.3) is 0 Å². The summed E-state index contributed by atoms with van der Waals surface area (Å²) >= 11 is 0. The number of hydrogen-bond acceptors (Lipinski definition) is 4. The quantitative estimate of drug-likeness (QED) is 0.346. The molecule has 1 N–H and O–H groups in total. The molecule has 9 heteroatoms. The van der Waals surface area contributed by atoms with Crippen LogP contribution in [-0.2, 0) is 14.9 Å². The lowest BCUT2D eigenvalue weighted by atomic mass is 9.84. The first-order chi connectivity index (χ1) is 14.4.